The van der Waals surface area contributed by atoms with E-state index in [1.165, 1.54) is 0 Å². The van der Waals surface area contributed by atoms with Crippen molar-refractivity contribution in [1.29, 1.82) is 0 Å². The van der Waals surface area contributed by atoms with Gasteiger partial charge >= 0.3 is 0 Å². The van der Waals surface area contributed by atoms with E-state index in [2.05, 4.69) is 31.9 Å². The predicted octanol–water partition coefficient (Wildman–Crippen LogP) is 5.20. The Labute approximate surface area is 126 Å². The largest absolute Gasteiger partial charge is 0.388 e. The first-order valence-corrected chi connectivity index (χ1v) is 7.77. The van der Waals surface area contributed by atoms with Crippen LogP contribution in [-0.2, 0) is 6.42 Å². The smallest absolute Gasteiger partial charge is 0.0850 e. The van der Waals surface area contributed by atoms with Crippen molar-refractivity contribution in [2.45, 2.75) is 12.5 Å². The van der Waals surface area contributed by atoms with Gasteiger partial charge in [-0.15, -0.1) is 11.3 Å². The third-order valence-corrected chi connectivity index (χ3v) is 5.29. The summed E-state index contributed by atoms with van der Waals surface area (Å²) < 4.78 is 1.92. The minimum Gasteiger partial charge on any atom is -0.388 e. The Balaban J connectivity index is 2.23. The molecular formula is C12H9Br2ClOS. The van der Waals surface area contributed by atoms with Gasteiger partial charge in [-0.25, -0.2) is 0 Å². The summed E-state index contributed by atoms with van der Waals surface area (Å²) in [6.45, 7) is 0. The van der Waals surface area contributed by atoms with Gasteiger partial charge in [0.25, 0.3) is 0 Å². The van der Waals surface area contributed by atoms with Crippen LogP contribution in [0, 0.1) is 0 Å². The van der Waals surface area contributed by atoms with Crippen molar-refractivity contribution in [3.05, 3.63) is 54.1 Å². The molecule has 0 radical (unpaired) electrons. The van der Waals surface area contributed by atoms with Crippen molar-refractivity contribution >= 4 is 54.8 Å². The van der Waals surface area contributed by atoms with E-state index in [9.17, 15) is 5.11 Å². The Morgan fingerprint density at radius 2 is 2.00 bits per heavy atom. The van der Waals surface area contributed by atoms with Crippen LogP contribution < -0.4 is 0 Å². The topological polar surface area (TPSA) is 20.2 Å². The summed E-state index contributed by atoms with van der Waals surface area (Å²) in [6.07, 6.45) is 0.0232. The summed E-state index contributed by atoms with van der Waals surface area (Å²) in [5, 5.41) is 12.9. The standard InChI is InChI=1S/C12H9Br2ClOS/c13-9-2-1-7(15)5-8(9)11(16)6-12-10(14)3-4-17-12/h1-5,11,16H,6H2. The number of thiophene rings is 1. The molecule has 1 N–H and O–H groups in total. The third-order valence-electron chi connectivity index (χ3n) is 2.39. The second-order valence-corrected chi connectivity index (χ2v) is 6.72. The number of aliphatic hydroxyl groups excluding tert-OH is 1. The summed E-state index contributed by atoms with van der Waals surface area (Å²) >= 11 is 14.5. The lowest BCUT2D eigenvalue weighted by Crippen LogP contribution is -2.02. The molecule has 1 unspecified atom stereocenters. The highest BCUT2D eigenvalue weighted by molar-refractivity contribution is 9.10. The molecule has 2 rings (SSSR count). The second-order valence-electron chi connectivity index (χ2n) is 3.58. The minimum atomic E-state index is -0.557. The first kappa shape index (κ1) is 13.6. The predicted molar refractivity (Wildman–Crippen MR) is 79.8 cm³/mol. The Morgan fingerprint density at radius 1 is 1.24 bits per heavy atom. The van der Waals surface area contributed by atoms with Crippen LogP contribution in [0.1, 0.15) is 16.5 Å². The van der Waals surface area contributed by atoms with Gasteiger partial charge in [-0.2, -0.15) is 0 Å². The Bertz CT molecular complexity index is 527. The van der Waals surface area contributed by atoms with E-state index in [1.807, 2.05) is 17.5 Å². The zero-order valence-electron chi connectivity index (χ0n) is 8.66. The summed E-state index contributed by atoms with van der Waals surface area (Å²) in [5.41, 5.74) is 0.817. The van der Waals surface area contributed by atoms with Crippen molar-refractivity contribution in [2.75, 3.05) is 0 Å². The molecule has 0 fully saturated rings. The molecule has 0 saturated heterocycles. The maximum Gasteiger partial charge on any atom is 0.0850 e. The first-order valence-electron chi connectivity index (χ1n) is 4.93. The molecule has 90 valence electrons. The summed E-state index contributed by atoms with van der Waals surface area (Å²) in [7, 11) is 0. The fourth-order valence-corrected chi connectivity index (χ4v) is 3.77. The van der Waals surface area contributed by atoms with Crippen LogP contribution in [0.5, 0.6) is 0 Å². The Hall–Kier alpha value is 0.130. The molecule has 1 aromatic carbocycles. The molecule has 0 bridgehead atoms. The highest BCUT2D eigenvalue weighted by Crippen LogP contribution is 2.32. The van der Waals surface area contributed by atoms with Crippen LogP contribution >= 0.6 is 54.8 Å². The maximum atomic E-state index is 10.2. The fourth-order valence-electron chi connectivity index (χ4n) is 1.53. The van der Waals surface area contributed by atoms with Gasteiger partial charge in [0.05, 0.1) is 6.10 Å². The van der Waals surface area contributed by atoms with Gasteiger partial charge in [0, 0.05) is 25.3 Å². The zero-order valence-corrected chi connectivity index (χ0v) is 13.4. The van der Waals surface area contributed by atoms with Crippen LogP contribution in [0.3, 0.4) is 0 Å². The summed E-state index contributed by atoms with van der Waals surface area (Å²) in [5.74, 6) is 0. The molecule has 0 amide bonds. The SMILES string of the molecule is OC(Cc1sccc1Br)c1cc(Cl)ccc1Br. The van der Waals surface area contributed by atoms with E-state index in [0.717, 1.165) is 19.4 Å². The molecule has 0 aliphatic heterocycles. The average Bonchev–Trinajstić information content (AvgIpc) is 2.68. The molecule has 0 spiro atoms. The second kappa shape index (κ2) is 5.85. The number of aliphatic hydroxyl groups is 1. The van der Waals surface area contributed by atoms with Gasteiger partial charge in [-0.05, 0) is 51.1 Å². The molecular weight excluding hydrogens is 387 g/mol. The van der Waals surface area contributed by atoms with Crippen molar-refractivity contribution in [3.8, 4) is 0 Å². The number of rotatable bonds is 3. The molecule has 5 heteroatoms. The van der Waals surface area contributed by atoms with Crippen molar-refractivity contribution < 1.29 is 5.11 Å². The van der Waals surface area contributed by atoms with Crippen LogP contribution in [0.2, 0.25) is 5.02 Å². The molecule has 0 aliphatic carbocycles. The molecule has 1 aromatic heterocycles. The lowest BCUT2D eigenvalue weighted by atomic mass is 10.1. The Kier molecular flexibility index (Phi) is 4.66. The minimum absolute atomic E-state index is 0.557. The highest BCUT2D eigenvalue weighted by Gasteiger charge is 2.14. The molecule has 0 saturated carbocycles. The zero-order chi connectivity index (χ0) is 12.4. The van der Waals surface area contributed by atoms with Crippen molar-refractivity contribution in [3.63, 3.8) is 0 Å². The van der Waals surface area contributed by atoms with Gasteiger partial charge in [0.2, 0.25) is 0 Å². The monoisotopic (exact) mass is 394 g/mol. The summed E-state index contributed by atoms with van der Waals surface area (Å²) in [6, 6.07) is 7.42. The molecule has 17 heavy (non-hydrogen) atoms. The lowest BCUT2D eigenvalue weighted by molar-refractivity contribution is 0.178. The molecule has 1 nitrogen and oxygen atoms in total. The molecule has 0 aliphatic rings. The van der Waals surface area contributed by atoms with Crippen molar-refractivity contribution in [1.82, 2.24) is 0 Å². The molecule has 1 heterocycles. The van der Waals surface area contributed by atoms with E-state index in [1.54, 1.807) is 23.5 Å². The number of halogens is 3. The number of hydrogen-bond acceptors (Lipinski definition) is 2. The number of benzene rings is 1. The average molecular weight is 397 g/mol. The Morgan fingerprint density at radius 3 is 2.65 bits per heavy atom. The van der Waals surface area contributed by atoms with E-state index in [0.29, 0.717) is 11.4 Å². The van der Waals surface area contributed by atoms with Crippen LogP contribution in [-0.4, -0.2) is 5.11 Å². The van der Waals surface area contributed by atoms with Crippen LogP contribution in [0.25, 0.3) is 0 Å². The van der Waals surface area contributed by atoms with E-state index < -0.39 is 6.10 Å². The van der Waals surface area contributed by atoms with Crippen LogP contribution in [0.4, 0.5) is 0 Å². The lowest BCUT2D eigenvalue weighted by Gasteiger charge is -2.12. The van der Waals surface area contributed by atoms with Gasteiger partial charge in [0.15, 0.2) is 0 Å². The van der Waals surface area contributed by atoms with Gasteiger partial charge < -0.3 is 5.11 Å². The van der Waals surface area contributed by atoms with Gasteiger partial charge in [0.1, 0.15) is 0 Å². The van der Waals surface area contributed by atoms with E-state index in [-0.39, 0.29) is 0 Å². The van der Waals surface area contributed by atoms with E-state index in [4.69, 9.17) is 11.6 Å². The normalized spacial score (nSPS) is 12.7. The van der Waals surface area contributed by atoms with Gasteiger partial charge in [-0.1, -0.05) is 27.5 Å². The molecule has 1 atom stereocenters. The molecule has 2 aromatic rings. The van der Waals surface area contributed by atoms with Crippen LogP contribution in [0.15, 0.2) is 38.6 Å². The number of hydrogen-bond donors (Lipinski definition) is 1. The fraction of sp³-hybridized carbons (Fsp3) is 0.167. The van der Waals surface area contributed by atoms with E-state index >= 15 is 0 Å². The first-order chi connectivity index (χ1) is 8.08. The van der Waals surface area contributed by atoms with Gasteiger partial charge in [-0.3, -0.25) is 0 Å². The third kappa shape index (κ3) is 3.32. The quantitative estimate of drug-likeness (QED) is 0.756. The van der Waals surface area contributed by atoms with Crippen molar-refractivity contribution in [2.24, 2.45) is 0 Å². The summed E-state index contributed by atoms with van der Waals surface area (Å²) in [4.78, 5) is 1.13. The maximum absolute atomic E-state index is 10.2. The highest BCUT2D eigenvalue weighted by atomic mass is 79.9.